The number of aromatic carboxylic acids is 1. The van der Waals surface area contributed by atoms with E-state index < -0.39 is 11.9 Å². The van der Waals surface area contributed by atoms with Crippen molar-refractivity contribution in [3.63, 3.8) is 0 Å². The van der Waals surface area contributed by atoms with Gasteiger partial charge in [0.2, 0.25) is 5.91 Å². The van der Waals surface area contributed by atoms with Crippen molar-refractivity contribution < 1.29 is 14.7 Å². The molecule has 0 heterocycles. The van der Waals surface area contributed by atoms with Crippen molar-refractivity contribution in [1.82, 2.24) is 5.32 Å². The van der Waals surface area contributed by atoms with Crippen LogP contribution < -0.4 is 15.7 Å². The zero-order valence-electron chi connectivity index (χ0n) is 15.7. The number of nitrogens with one attached hydrogen (secondary N) is 2. The molecule has 5 nitrogen and oxygen atoms in total. The third-order valence-electron chi connectivity index (χ3n) is 4.57. The van der Waals surface area contributed by atoms with Gasteiger partial charge in [-0.05, 0) is 41.9 Å². The lowest BCUT2D eigenvalue weighted by Gasteiger charge is -2.19. The third kappa shape index (κ3) is 4.86. The summed E-state index contributed by atoms with van der Waals surface area (Å²) in [6, 6.07) is 23.6. The Morgan fingerprint density at radius 2 is 1.41 bits per heavy atom. The van der Waals surface area contributed by atoms with Crippen molar-refractivity contribution >= 4 is 34.9 Å². The van der Waals surface area contributed by atoms with Gasteiger partial charge in [-0.25, -0.2) is 0 Å². The van der Waals surface area contributed by atoms with Crippen LogP contribution >= 0.6 is 12.2 Å². The van der Waals surface area contributed by atoms with E-state index in [0.29, 0.717) is 11.3 Å². The summed E-state index contributed by atoms with van der Waals surface area (Å²) < 4.78 is 0. The van der Waals surface area contributed by atoms with Gasteiger partial charge in [-0.1, -0.05) is 72.8 Å². The van der Waals surface area contributed by atoms with Crippen molar-refractivity contribution in [2.75, 3.05) is 5.32 Å². The maximum atomic E-state index is 13.1. The van der Waals surface area contributed by atoms with Gasteiger partial charge < -0.3 is 20.5 Å². The minimum atomic E-state index is -1.27. The molecule has 2 N–H and O–H groups in total. The van der Waals surface area contributed by atoms with Crippen molar-refractivity contribution in [2.45, 2.75) is 12.8 Å². The third-order valence-corrected chi connectivity index (χ3v) is 4.77. The first-order chi connectivity index (χ1) is 14.0. The Bertz CT molecular complexity index is 997. The summed E-state index contributed by atoms with van der Waals surface area (Å²) in [6.07, 6.45) is 0. The number of carbonyl (C=O) groups is 2. The molecular weight excluding hydrogens is 384 g/mol. The summed E-state index contributed by atoms with van der Waals surface area (Å²) in [4.78, 5) is 24.3. The van der Waals surface area contributed by atoms with E-state index in [4.69, 9.17) is 12.2 Å². The molecule has 0 aliphatic rings. The zero-order chi connectivity index (χ0) is 20.8. The monoisotopic (exact) mass is 403 g/mol. The second-order valence-electron chi connectivity index (χ2n) is 6.46. The topological polar surface area (TPSA) is 81.3 Å². The van der Waals surface area contributed by atoms with Crippen LogP contribution in [0.1, 0.15) is 33.0 Å². The fraction of sp³-hybridized carbons (Fsp3) is 0.0870. The van der Waals surface area contributed by atoms with Gasteiger partial charge in [0.25, 0.3) is 0 Å². The second kappa shape index (κ2) is 9.12. The van der Waals surface area contributed by atoms with Gasteiger partial charge in [-0.2, -0.15) is 0 Å². The first kappa shape index (κ1) is 20.2. The molecule has 0 bridgehead atoms. The molecular formula is C23H19N2O3S-. The highest BCUT2D eigenvalue weighted by molar-refractivity contribution is 7.80. The second-order valence-corrected chi connectivity index (χ2v) is 6.87. The molecule has 6 heteroatoms. The molecule has 0 spiro atoms. The van der Waals surface area contributed by atoms with E-state index in [0.717, 1.165) is 11.1 Å². The van der Waals surface area contributed by atoms with Gasteiger partial charge >= 0.3 is 0 Å². The number of carboxylic acids is 1. The Balaban J connectivity index is 1.81. The maximum absolute atomic E-state index is 13.1. The van der Waals surface area contributed by atoms with E-state index in [-0.39, 0.29) is 16.6 Å². The molecule has 146 valence electrons. The molecule has 0 atom stereocenters. The average molecular weight is 403 g/mol. The predicted octanol–water partition coefficient (Wildman–Crippen LogP) is 3.00. The molecule has 0 unspecified atom stereocenters. The molecule has 0 aromatic heterocycles. The van der Waals surface area contributed by atoms with E-state index in [9.17, 15) is 14.7 Å². The van der Waals surface area contributed by atoms with Crippen molar-refractivity contribution in [1.29, 1.82) is 0 Å². The number of anilines is 1. The summed E-state index contributed by atoms with van der Waals surface area (Å²) in [5, 5.41) is 16.9. The Morgan fingerprint density at radius 3 is 1.93 bits per heavy atom. The standard InChI is InChI=1S/C23H20N2O3S/c1-15-18(22(27)28)13-8-14-19(15)24-23(29)25-21(26)20(16-9-4-2-5-10-16)17-11-6-3-7-12-17/h2-14,20H,1H3,(H,27,28)(H2,24,25,26,29)/p-1. The van der Waals surface area contributed by atoms with E-state index in [1.54, 1.807) is 19.1 Å². The average Bonchev–Trinajstić information content (AvgIpc) is 2.71. The number of rotatable bonds is 5. The fourth-order valence-corrected chi connectivity index (χ4v) is 3.33. The number of thiocarbonyl (C=S) groups is 1. The molecule has 29 heavy (non-hydrogen) atoms. The van der Waals surface area contributed by atoms with E-state index in [1.165, 1.54) is 6.07 Å². The van der Waals surface area contributed by atoms with Gasteiger partial charge in [0.1, 0.15) is 0 Å². The van der Waals surface area contributed by atoms with E-state index in [1.807, 2.05) is 60.7 Å². The van der Waals surface area contributed by atoms with Crippen LogP contribution in [-0.4, -0.2) is 17.0 Å². The molecule has 0 aliphatic carbocycles. The number of hydrogen-bond acceptors (Lipinski definition) is 4. The Hall–Kier alpha value is -3.51. The van der Waals surface area contributed by atoms with Gasteiger partial charge in [0.05, 0.1) is 11.9 Å². The number of carbonyl (C=O) groups excluding carboxylic acids is 2. The largest absolute Gasteiger partial charge is 0.545 e. The van der Waals surface area contributed by atoms with Crippen LogP contribution in [0.2, 0.25) is 0 Å². The Morgan fingerprint density at radius 1 is 0.862 bits per heavy atom. The van der Waals surface area contributed by atoms with Gasteiger partial charge in [-0.3, -0.25) is 4.79 Å². The first-order valence-electron chi connectivity index (χ1n) is 9.00. The lowest BCUT2D eigenvalue weighted by molar-refractivity contribution is -0.255. The quantitative estimate of drug-likeness (QED) is 0.640. The van der Waals surface area contributed by atoms with Gasteiger partial charge in [0.15, 0.2) is 5.11 Å². The summed E-state index contributed by atoms with van der Waals surface area (Å²) >= 11 is 5.29. The van der Waals surface area contributed by atoms with Crippen LogP contribution in [0.4, 0.5) is 5.69 Å². The number of hydrogen-bond donors (Lipinski definition) is 2. The molecule has 3 rings (SSSR count). The molecule has 0 saturated carbocycles. The molecule has 1 amide bonds. The SMILES string of the molecule is Cc1c(NC(=S)NC(=O)C(c2ccccc2)c2ccccc2)cccc1C(=O)[O-]. The highest BCUT2D eigenvalue weighted by Gasteiger charge is 2.23. The predicted molar refractivity (Wildman–Crippen MR) is 115 cm³/mol. The van der Waals surface area contributed by atoms with Gasteiger partial charge in [-0.15, -0.1) is 0 Å². The number of amides is 1. The van der Waals surface area contributed by atoms with Crippen LogP contribution in [0.15, 0.2) is 78.9 Å². The Kier molecular flexibility index (Phi) is 6.36. The lowest BCUT2D eigenvalue weighted by Crippen LogP contribution is -2.38. The first-order valence-corrected chi connectivity index (χ1v) is 9.41. The summed E-state index contributed by atoms with van der Waals surface area (Å²) in [5.41, 5.74) is 2.72. The molecule has 0 saturated heterocycles. The van der Waals surface area contributed by atoms with Gasteiger partial charge in [0, 0.05) is 11.3 Å². The fourth-order valence-electron chi connectivity index (χ4n) is 3.12. The maximum Gasteiger partial charge on any atom is 0.238 e. The van der Waals surface area contributed by atoms with Crippen LogP contribution in [0.25, 0.3) is 0 Å². The summed E-state index contributed by atoms with van der Waals surface area (Å²) in [6.45, 7) is 1.65. The highest BCUT2D eigenvalue weighted by Crippen LogP contribution is 2.25. The van der Waals surface area contributed by atoms with E-state index >= 15 is 0 Å². The molecule has 3 aromatic rings. The van der Waals surface area contributed by atoms with Crippen LogP contribution in [0.5, 0.6) is 0 Å². The zero-order valence-corrected chi connectivity index (χ0v) is 16.5. The van der Waals surface area contributed by atoms with Crippen molar-refractivity contribution in [2.24, 2.45) is 0 Å². The molecule has 3 aromatic carbocycles. The smallest absolute Gasteiger partial charge is 0.238 e. The van der Waals surface area contributed by atoms with E-state index in [2.05, 4.69) is 10.6 Å². The molecule has 0 radical (unpaired) electrons. The highest BCUT2D eigenvalue weighted by atomic mass is 32.1. The number of carboxylic acid groups (broad SMARTS) is 1. The number of benzene rings is 3. The van der Waals surface area contributed by atoms with Crippen molar-refractivity contribution in [3.05, 3.63) is 101 Å². The van der Waals surface area contributed by atoms with Crippen LogP contribution in [0.3, 0.4) is 0 Å². The Labute approximate surface area is 174 Å². The minimum absolute atomic E-state index is 0.0653. The molecule has 0 fully saturated rings. The summed E-state index contributed by atoms with van der Waals surface area (Å²) in [7, 11) is 0. The van der Waals surface area contributed by atoms with Crippen LogP contribution in [-0.2, 0) is 4.79 Å². The van der Waals surface area contributed by atoms with Crippen LogP contribution in [0, 0.1) is 6.92 Å². The summed E-state index contributed by atoms with van der Waals surface area (Å²) in [5.74, 6) is -2.09. The lowest BCUT2D eigenvalue weighted by atomic mass is 9.90. The van der Waals surface area contributed by atoms with Crippen molar-refractivity contribution in [3.8, 4) is 0 Å². The normalized spacial score (nSPS) is 10.4. The molecule has 0 aliphatic heterocycles. The minimum Gasteiger partial charge on any atom is -0.545 e.